The third-order valence-electron chi connectivity index (χ3n) is 2.76. The van der Waals surface area contributed by atoms with Crippen molar-refractivity contribution >= 4 is 17.3 Å². The molecule has 1 amide bonds. The van der Waals surface area contributed by atoms with Gasteiger partial charge in [0.05, 0.1) is 23.1 Å². The van der Waals surface area contributed by atoms with Crippen molar-refractivity contribution in [3.63, 3.8) is 0 Å². The van der Waals surface area contributed by atoms with E-state index in [1.807, 2.05) is 0 Å². The van der Waals surface area contributed by atoms with Crippen LogP contribution in [0.5, 0.6) is 5.75 Å². The average molecular weight is 246 g/mol. The lowest BCUT2D eigenvalue weighted by atomic mass is 10.2. The van der Waals surface area contributed by atoms with Gasteiger partial charge in [0.15, 0.2) is 0 Å². The van der Waals surface area contributed by atoms with Gasteiger partial charge in [-0.05, 0) is 19.1 Å². The Labute approximate surface area is 104 Å². The van der Waals surface area contributed by atoms with Crippen LogP contribution in [0.2, 0.25) is 0 Å². The summed E-state index contributed by atoms with van der Waals surface area (Å²) in [7, 11) is 1.76. The number of rotatable bonds is 2. The Morgan fingerprint density at radius 1 is 1.50 bits per heavy atom. The van der Waals surface area contributed by atoms with Gasteiger partial charge in [-0.25, -0.2) is 0 Å². The van der Waals surface area contributed by atoms with E-state index in [1.54, 1.807) is 18.7 Å². The van der Waals surface area contributed by atoms with E-state index in [0.29, 0.717) is 16.9 Å². The molecule has 1 heterocycles. The van der Waals surface area contributed by atoms with Crippen LogP contribution < -0.4 is 11.1 Å². The molecule has 0 atom stereocenters. The Morgan fingerprint density at radius 3 is 2.83 bits per heavy atom. The molecule has 4 N–H and O–H groups in total. The van der Waals surface area contributed by atoms with Crippen LogP contribution in [-0.4, -0.2) is 20.8 Å². The Kier molecular flexibility index (Phi) is 2.93. The van der Waals surface area contributed by atoms with Gasteiger partial charge in [-0.2, -0.15) is 5.10 Å². The SMILES string of the molecule is Cc1c(C(=O)Nc2cc(O)ccc2N)cnn1C. The number of carbonyl (C=O) groups excluding carboxylic acids is 1. The largest absolute Gasteiger partial charge is 0.508 e. The number of hydrogen-bond donors (Lipinski definition) is 3. The minimum Gasteiger partial charge on any atom is -0.508 e. The first-order valence-corrected chi connectivity index (χ1v) is 5.37. The first-order valence-electron chi connectivity index (χ1n) is 5.37. The van der Waals surface area contributed by atoms with Gasteiger partial charge in [0.2, 0.25) is 0 Å². The molecule has 1 aromatic heterocycles. The number of nitrogens with one attached hydrogen (secondary N) is 1. The summed E-state index contributed by atoms with van der Waals surface area (Å²) in [5, 5.41) is 16.0. The maximum atomic E-state index is 12.0. The van der Waals surface area contributed by atoms with Crippen molar-refractivity contribution in [3.8, 4) is 5.75 Å². The number of nitrogens with zero attached hydrogens (tertiary/aromatic N) is 2. The average Bonchev–Trinajstić information content (AvgIpc) is 2.65. The van der Waals surface area contributed by atoms with Gasteiger partial charge in [-0.3, -0.25) is 9.48 Å². The number of nitrogens with two attached hydrogens (primary N) is 1. The summed E-state index contributed by atoms with van der Waals surface area (Å²) in [4.78, 5) is 12.0. The molecule has 0 saturated carbocycles. The first-order chi connectivity index (χ1) is 8.49. The fraction of sp³-hybridized carbons (Fsp3) is 0.167. The number of hydrogen-bond acceptors (Lipinski definition) is 4. The highest BCUT2D eigenvalue weighted by Gasteiger charge is 2.14. The number of benzene rings is 1. The van der Waals surface area contributed by atoms with Gasteiger partial charge in [0.25, 0.3) is 5.91 Å². The molecule has 2 rings (SSSR count). The fourth-order valence-corrected chi connectivity index (χ4v) is 1.56. The topological polar surface area (TPSA) is 93.2 Å². The van der Waals surface area contributed by atoms with Crippen molar-refractivity contribution in [2.75, 3.05) is 11.1 Å². The highest BCUT2D eigenvalue weighted by molar-refractivity contribution is 6.06. The summed E-state index contributed by atoms with van der Waals surface area (Å²) in [6.07, 6.45) is 1.49. The molecule has 0 unspecified atom stereocenters. The van der Waals surface area contributed by atoms with Crippen molar-refractivity contribution in [2.45, 2.75) is 6.92 Å². The highest BCUT2D eigenvalue weighted by Crippen LogP contribution is 2.24. The van der Waals surface area contributed by atoms with Crippen LogP contribution in [0.15, 0.2) is 24.4 Å². The van der Waals surface area contributed by atoms with E-state index >= 15 is 0 Å². The number of carbonyl (C=O) groups is 1. The van der Waals surface area contributed by atoms with Gasteiger partial charge in [-0.15, -0.1) is 0 Å². The second-order valence-corrected chi connectivity index (χ2v) is 3.99. The molecule has 0 aliphatic rings. The van der Waals surface area contributed by atoms with E-state index in [-0.39, 0.29) is 11.7 Å². The normalized spacial score (nSPS) is 10.3. The van der Waals surface area contributed by atoms with Gasteiger partial charge >= 0.3 is 0 Å². The van der Waals surface area contributed by atoms with Crippen molar-refractivity contribution in [2.24, 2.45) is 7.05 Å². The van der Waals surface area contributed by atoms with Crippen LogP contribution >= 0.6 is 0 Å². The predicted molar refractivity (Wildman–Crippen MR) is 68.4 cm³/mol. The molecule has 2 aromatic rings. The van der Waals surface area contributed by atoms with Crippen LogP contribution in [0.25, 0.3) is 0 Å². The molecule has 0 saturated heterocycles. The molecule has 0 aliphatic carbocycles. The Hall–Kier alpha value is -2.50. The van der Waals surface area contributed by atoms with Crippen molar-refractivity contribution in [3.05, 3.63) is 35.7 Å². The zero-order chi connectivity index (χ0) is 13.3. The van der Waals surface area contributed by atoms with Gasteiger partial charge in [0, 0.05) is 18.8 Å². The molecule has 0 bridgehead atoms. The lowest BCUT2D eigenvalue weighted by Crippen LogP contribution is -2.14. The van der Waals surface area contributed by atoms with E-state index in [9.17, 15) is 9.90 Å². The maximum Gasteiger partial charge on any atom is 0.259 e. The van der Waals surface area contributed by atoms with E-state index in [2.05, 4.69) is 10.4 Å². The molecular weight excluding hydrogens is 232 g/mol. The number of nitrogen functional groups attached to an aromatic ring is 1. The molecule has 94 valence electrons. The number of aryl methyl sites for hydroxylation is 1. The molecule has 1 aromatic carbocycles. The summed E-state index contributed by atoms with van der Waals surface area (Å²) in [6.45, 7) is 1.80. The van der Waals surface area contributed by atoms with Crippen LogP contribution in [0.3, 0.4) is 0 Å². The lowest BCUT2D eigenvalue weighted by Gasteiger charge is -2.08. The Balaban J connectivity index is 2.27. The van der Waals surface area contributed by atoms with Crippen LogP contribution in [0.4, 0.5) is 11.4 Å². The number of phenolic OH excluding ortho intramolecular Hbond substituents is 1. The molecular formula is C12H14N4O2. The summed E-state index contributed by atoms with van der Waals surface area (Å²) in [6, 6.07) is 4.39. The number of anilines is 2. The monoisotopic (exact) mass is 246 g/mol. The molecule has 18 heavy (non-hydrogen) atoms. The molecule has 6 nitrogen and oxygen atoms in total. The quantitative estimate of drug-likeness (QED) is 0.549. The number of amides is 1. The van der Waals surface area contributed by atoms with Gasteiger partial charge in [-0.1, -0.05) is 0 Å². The number of phenols is 1. The second-order valence-electron chi connectivity index (χ2n) is 3.99. The van der Waals surface area contributed by atoms with Crippen molar-refractivity contribution < 1.29 is 9.90 Å². The Bertz CT molecular complexity index is 604. The first kappa shape index (κ1) is 12.0. The van der Waals surface area contributed by atoms with E-state index in [1.165, 1.54) is 24.4 Å². The number of aromatic hydroxyl groups is 1. The van der Waals surface area contributed by atoms with E-state index < -0.39 is 0 Å². The molecule has 0 fully saturated rings. The predicted octanol–water partition coefficient (Wildman–Crippen LogP) is 1.27. The van der Waals surface area contributed by atoms with Crippen molar-refractivity contribution in [1.82, 2.24) is 9.78 Å². The van der Waals surface area contributed by atoms with E-state index in [4.69, 9.17) is 5.73 Å². The zero-order valence-electron chi connectivity index (χ0n) is 10.1. The fourth-order valence-electron chi connectivity index (χ4n) is 1.56. The lowest BCUT2D eigenvalue weighted by molar-refractivity contribution is 0.102. The zero-order valence-corrected chi connectivity index (χ0v) is 10.1. The molecule has 6 heteroatoms. The van der Waals surface area contributed by atoms with Crippen LogP contribution in [0, 0.1) is 6.92 Å². The summed E-state index contributed by atoms with van der Waals surface area (Å²) < 4.78 is 1.61. The van der Waals surface area contributed by atoms with Crippen molar-refractivity contribution in [1.29, 1.82) is 0 Å². The molecule has 0 aliphatic heterocycles. The summed E-state index contributed by atoms with van der Waals surface area (Å²) in [5.74, 6) is -0.264. The summed E-state index contributed by atoms with van der Waals surface area (Å²) in [5.41, 5.74) is 7.71. The number of aromatic nitrogens is 2. The molecule has 0 spiro atoms. The summed E-state index contributed by atoms with van der Waals surface area (Å²) >= 11 is 0. The molecule has 0 radical (unpaired) electrons. The Morgan fingerprint density at radius 2 is 2.22 bits per heavy atom. The third-order valence-corrected chi connectivity index (χ3v) is 2.76. The smallest absolute Gasteiger partial charge is 0.259 e. The third kappa shape index (κ3) is 2.13. The van der Waals surface area contributed by atoms with Crippen LogP contribution in [0.1, 0.15) is 16.1 Å². The van der Waals surface area contributed by atoms with E-state index in [0.717, 1.165) is 5.69 Å². The van der Waals surface area contributed by atoms with Gasteiger partial charge < -0.3 is 16.2 Å². The minimum absolute atomic E-state index is 0.0439. The standard InChI is InChI=1S/C12H14N4O2/c1-7-9(6-14-16(7)2)12(18)15-11-5-8(17)3-4-10(11)13/h3-6,17H,13H2,1-2H3,(H,15,18). The van der Waals surface area contributed by atoms with Gasteiger partial charge in [0.1, 0.15) is 5.75 Å². The highest BCUT2D eigenvalue weighted by atomic mass is 16.3. The maximum absolute atomic E-state index is 12.0. The van der Waals surface area contributed by atoms with Crippen LogP contribution in [-0.2, 0) is 7.05 Å². The second kappa shape index (κ2) is 4.40. The minimum atomic E-state index is -0.307.